The Balaban J connectivity index is 0.000000726. The Labute approximate surface area is 261 Å². The molecule has 0 aliphatic carbocycles. The highest BCUT2D eigenvalue weighted by molar-refractivity contribution is 6.08. The number of aromatic nitrogens is 5. The Morgan fingerprint density at radius 2 is 1.25 bits per heavy atom. The van der Waals surface area contributed by atoms with E-state index in [1.165, 1.54) is 39.9 Å². The fraction of sp³-hybridized carbons (Fsp3) is 0.205. The number of hydrogen-bond acceptors (Lipinski definition) is 2. The molecule has 0 radical (unpaired) electrons. The Hall–Kier alpha value is -5.03. The molecule has 0 saturated heterocycles. The summed E-state index contributed by atoms with van der Waals surface area (Å²) in [6, 6.07) is 28.1. The predicted octanol–water partition coefficient (Wildman–Crippen LogP) is 9.58. The molecule has 0 amide bonds. The smallest absolute Gasteiger partial charge is 0.293 e. The number of benzene rings is 3. The lowest BCUT2D eigenvalue weighted by molar-refractivity contribution is -0.659. The topological polar surface area (TPSA) is 39.5 Å². The largest absolute Gasteiger partial charge is 0.309 e. The molecule has 0 bridgehead atoms. The average Bonchev–Trinajstić information content (AvgIpc) is 3.60. The van der Waals surface area contributed by atoms with Crippen molar-refractivity contribution in [1.29, 1.82) is 0 Å². The van der Waals surface area contributed by atoms with Crippen molar-refractivity contribution < 1.29 is 4.57 Å². The van der Waals surface area contributed by atoms with E-state index in [0.29, 0.717) is 0 Å². The van der Waals surface area contributed by atoms with Crippen molar-refractivity contribution in [3.63, 3.8) is 0 Å². The van der Waals surface area contributed by atoms with Gasteiger partial charge < -0.3 is 4.57 Å². The second-order valence-electron chi connectivity index (χ2n) is 10.8. The lowest BCUT2D eigenvalue weighted by Gasteiger charge is -2.14. The third-order valence-electron chi connectivity index (χ3n) is 7.57. The van der Waals surface area contributed by atoms with Crippen LogP contribution in [0.3, 0.4) is 0 Å². The monoisotopic (exact) mass is 580 g/mol. The van der Waals surface area contributed by atoms with Crippen LogP contribution in [0, 0.1) is 13.8 Å². The van der Waals surface area contributed by atoms with Crippen LogP contribution in [0.4, 0.5) is 0 Å². The normalized spacial score (nSPS) is 10.7. The van der Waals surface area contributed by atoms with Crippen molar-refractivity contribution >= 4 is 21.8 Å². The van der Waals surface area contributed by atoms with E-state index in [1.807, 2.05) is 38.6 Å². The molecule has 0 fully saturated rings. The number of imidazole rings is 1. The van der Waals surface area contributed by atoms with Gasteiger partial charge in [-0.1, -0.05) is 64.4 Å². The van der Waals surface area contributed by atoms with Crippen LogP contribution in [-0.4, -0.2) is 19.1 Å². The van der Waals surface area contributed by atoms with Crippen LogP contribution in [0.2, 0.25) is 0 Å². The van der Waals surface area contributed by atoms with Crippen molar-refractivity contribution in [2.24, 2.45) is 7.05 Å². The molecule has 7 rings (SSSR count). The summed E-state index contributed by atoms with van der Waals surface area (Å²) >= 11 is 0. The van der Waals surface area contributed by atoms with Gasteiger partial charge in [0.1, 0.15) is 18.1 Å². The van der Waals surface area contributed by atoms with Gasteiger partial charge in [0.2, 0.25) is 0 Å². The molecule has 4 heterocycles. The van der Waals surface area contributed by atoms with E-state index in [4.69, 9.17) is 0 Å². The second kappa shape index (κ2) is 13.5. The molecule has 0 atom stereocenters. The predicted molar refractivity (Wildman–Crippen MR) is 185 cm³/mol. The molecule has 5 heteroatoms. The second-order valence-corrected chi connectivity index (χ2v) is 10.8. The molecule has 7 aromatic rings. The third-order valence-corrected chi connectivity index (χ3v) is 7.57. The maximum absolute atomic E-state index is 4.37. The summed E-state index contributed by atoms with van der Waals surface area (Å²) in [6.07, 6.45) is 13.1. The average molecular weight is 581 g/mol. The molecule has 3 aromatic carbocycles. The van der Waals surface area contributed by atoms with Gasteiger partial charge in [-0.15, -0.1) is 0 Å². The van der Waals surface area contributed by atoms with Crippen molar-refractivity contribution in [1.82, 2.24) is 19.1 Å². The van der Waals surface area contributed by atoms with Gasteiger partial charge in [-0.2, -0.15) is 4.57 Å². The minimum atomic E-state index is 1.11. The fourth-order valence-corrected chi connectivity index (χ4v) is 5.90. The van der Waals surface area contributed by atoms with Crippen molar-refractivity contribution in [2.75, 3.05) is 0 Å². The highest BCUT2D eigenvalue weighted by Gasteiger charge is 2.22. The fourth-order valence-electron chi connectivity index (χ4n) is 5.90. The number of rotatable bonds is 4. The molecule has 0 spiro atoms. The van der Waals surface area contributed by atoms with Crippen molar-refractivity contribution in [2.45, 2.75) is 48.0 Å². The van der Waals surface area contributed by atoms with Crippen molar-refractivity contribution in [3.05, 3.63) is 127 Å². The maximum atomic E-state index is 4.37. The highest BCUT2D eigenvalue weighted by atomic mass is 15.1. The Morgan fingerprint density at radius 1 is 0.682 bits per heavy atom. The Bertz CT molecular complexity index is 1940. The number of fused-ring (bicyclic) bond motifs is 3. The van der Waals surface area contributed by atoms with Crippen LogP contribution >= 0.6 is 0 Å². The van der Waals surface area contributed by atoms with Crippen LogP contribution < -0.4 is 4.57 Å². The van der Waals surface area contributed by atoms with Crippen LogP contribution in [0.1, 0.15) is 45.2 Å². The van der Waals surface area contributed by atoms with Crippen LogP contribution in [0.5, 0.6) is 0 Å². The van der Waals surface area contributed by atoms with Gasteiger partial charge in [-0.05, 0) is 84.6 Å². The highest BCUT2D eigenvalue weighted by Crippen LogP contribution is 2.34. The zero-order valence-electron chi connectivity index (χ0n) is 26.9. The van der Waals surface area contributed by atoms with Gasteiger partial charge >= 0.3 is 0 Å². The van der Waals surface area contributed by atoms with E-state index in [-0.39, 0.29) is 0 Å². The summed E-state index contributed by atoms with van der Waals surface area (Å²) in [6.45, 7) is 12.7. The van der Waals surface area contributed by atoms with Crippen LogP contribution in [0.15, 0.2) is 116 Å². The van der Waals surface area contributed by atoms with Gasteiger partial charge in [-0.25, -0.2) is 4.57 Å². The molecule has 44 heavy (non-hydrogen) atoms. The standard InChI is InChI=1S/C34H28N5.C3H8.C2H6/c1-23-18-27(19-24(2)33(23)38-17-16-37(3)34(38)25-8-5-4-6-9-25)26-10-7-11-28(20-26)39-31-12-14-35-21-29(31)30-22-36-15-13-32(30)39;1-3-2;1-2/h4-22H,1-3H3;3H2,1-2H3;1-2H3/q+1;;. The lowest BCUT2D eigenvalue weighted by Crippen LogP contribution is -2.29. The van der Waals surface area contributed by atoms with Crippen molar-refractivity contribution in [3.8, 4) is 33.9 Å². The summed E-state index contributed by atoms with van der Waals surface area (Å²) in [4.78, 5) is 8.74. The van der Waals surface area contributed by atoms with E-state index in [1.54, 1.807) is 0 Å². The lowest BCUT2D eigenvalue weighted by atomic mass is 9.98. The quantitative estimate of drug-likeness (QED) is 0.195. The third kappa shape index (κ3) is 5.66. The summed E-state index contributed by atoms with van der Waals surface area (Å²) < 4.78 is 6.79. The van der Waals surface area contributed by atoms with E-state index in [0.717, 1.165) is 33.3 Å². The molecule has 222 valence electrons. The maximum Gasteiger partial charge on any atom is 0.293 e. The first-order valence-corrected chi connectivity index (χ1v) is 15.5. The minimum absolute atomic E-state index is 1.11. The first-order valence-electron chi connectivity index (χ1n) is 15.5. The Morgan fingerprint density at radius 3 is 1.84 bits per heavy atom. The summed E-state index contributed by atoms with van der Waals surface area (Å²) in [5, 5.41) is 2.22. The van der Waals surface area contributed by atoms with Gasteiger partial charge in [0.05, 0.1) is 23.6 Å². The molecule has 0 unspecified atom stereocenters. The summed E-state index contributed by atoms with van der Waals surface area (Å²) in [5.74, 6) is 1.16. The van der Waals surface area contributed by atoms with E-state index in [2.05, 4.69) is 150 Å². The van der Waals surface area contributed by atoms with E-state index < -0.39 is 0 Å². The first kappa shape index (κ1) is 30.4. The SMILES string of the molecule is CC.CCC.Cc1cc(-c2cccc(-n3c4ccncc4c4cnccc43)c2)cc(C)c1-n1cc[n+](C)c1-c1ccccc1. The van der Waals surface area contributed by atoms with Crippen LogP contribution in [-0.2, 0) is 7.05 Å². The van der Waals surface area contributed by atoms with Gasteiger partial charge in [0.15, 0.2) is 0 Å². The summed E-state index contributed by atoms with van der Waals surface area (Å²) in [7, 11) is 2.10. The van der Waals surface area contributed by atoms with E-state index in [9.17, 15) is 0 Å². The number of hydrogen-bond donors (Lipinski definition) is 0. The zero-order chi connectivity index (χ0) is 31.2. The summed E-state index contributed by atoms with van der Waals surface area (Å²) in [5.41, 5.74) is 10.6. The molecule has 4 aromatic heterocycles. The number of nitrogens with zero attached hydrogens (tertiary/aromatic N) is 5. The van der Waals surface area contributed by atoms with E-state index >= 15 is 0 Å². The molecule has 0 aliphatic rings. The van der Waals surface area contributed by atoms with Gasteiger partial charge in [0.25, 0.3) is 5.82 Å². The molecular weight excluding hydrogens is 538 g/mol. The molecule has 5 nitrogen and oxygen atoms in total. The molecule has 0 N–H and O–H groups in total. The first-order chi connectivity index (χ1) is 21.5. The minimum Gasteiger partial charge on any atom is -0.309 e. The zero-order valence-corrected chi connectivity index (χ0v) is 26.9. The number of pyridine rings is 2. The molecule has 0 saturated carbocycles. The number of aryl methyl sites for hydroxylation is 3. The Kier molecular flexibility index (Phi) is 9.35. The molecule has 0 aliphatic heterocycles. The van der Waals surface area contributed by atoms with Gasteiger partial charge in [-0.3, -0.25) is 9.97 Å². The van der Waals surface area contributed by atoms with Gasteiger partial charge in [0, 0.05) is 41.2 Å². The molecular formula is C39H42N5+. The van der Waals surface area contributed by atoms with Crippen LogP contribution in [0.25, 0.3) is 55.7 Å².